The van der Waals surface area contributed by atoms with Crippen LogP contribution in [-0.4, -0.2) is 21.6 Å². The lowest BCUT2D eigenvalue weighted by atomic mass is 9.81. The molecule has 226 valence electrons. The summed E-state index contributed by atoms with van der Waals surface area (Å²) >= 11 is 0. The van der Waals surface area contributed by atoms with Crippen molar-refractivity contribution >= 4 is 22.8 Å². The minimum atomic E-state index is -0.933. The number of carboxylic acids is 1. The zero-order chi connectivity index (χ0) is 31.8. The minimum Gasteiger partial charge on any atom is -0.478 e. The molecule has 5 aromatic rings. The molecule has 0 fully saturated rings. The Bertz CT molecular complexity index is 1840. The van der Waals surface area contributed by atoms with E-state index in [2.05, 4.69) is 94.7 Å². The van der Waals surface area contributed by atoms with Crippen LogP contribution in [0, 0.1) is 19.3 Å². The monoisotopic (exact) mass is 586 g/mol. The first-order valence-electron chi connectivity index (χ1n) is 15.3. The Kier molecular flexibility index (Phi) is 8.51. The van der Waals surface area contributed by atoms with Gasteiger partial charge in [-0.15, -0.1) is 0 Å². The van der Waals surface area contributed by atoms with Crippen molar-refractivity contribution in [1.29, 1.82) is 0 Å². The van der Waals surface area contributed by atoms with Crippen LogP contribution in [0.15, 0.2) is 91.0 Å². The minimum absolute atomic E-state index is 0.0798. The largest absolute Gasteiger partial charge is 0.478 e. The number of hydrogen-bond donors (Lipinski definition) is 2. The fourth-order valence-electron chi connectivity index (χ4n) is 6.00. The smallest absolute Gasteiger partial charge is 0.336 e. The molecule has 1 aromatic heterocycles. The van der Waals surface area contributed by atoms with Gasteiger partial charge in [0.2, 0.25) is 0 Å². The number of amides is 1. The summed E-state index contributed by atoms with van der Waals surface area (Å²) in [4.78, 5) is 25.4. The summed E-state index contributed by atoms with van der Waals surface area (Å²) in [6.45, 7) is 15.7. The maximum Gasteiger partial charge on any atom is 0.336 e. The van der Waals surface area contributed by atoms with Crippen LogP contribution in [0.25, 0.3) is 22.0 Å². The predicted octanol–water partition coefficient (Wildman–Crippen LogP) is 9.31. The molecule has 0 aliphatic rings. The van der Waals surface area contributed by atoms with E-state index in [-0.39, 0.29) is 17.4 Å². The molecule has 1 amide bonds. The number of rotatable bonds is 8. The first-order chi connectivity index (χ1) is 20.8. The van der Waals surface area contributed by atoms with Crippen LogP contribution in [-0.2, 0) is 6.54 Å². The molecule has 5 rings (SSSR count). The highest BCUT2D eigenvalue weighted by Crippen LogP contribution is 2.35. The SMILES string of the molecule is Cc1c(C)n(Cc2ccc(-c3ccccc3C(=O)O)cc2)c2ccc(C(=O)NC(c3cccc(C(C)C)c3)C(C)(C)C)cc12. The van der Waals surface area contributed by atoms with Gasteiger partial charge in [-0.25, -0.2) is 4.79 Å². The number of aromatic carboxylic acids is 1. The normalized spacial score (nSPS) is 12.5. The van der Waals surface area contributed by atoms with Gasteiger partial charge in [0.25, 0.3) is 5.91 Å². The lowest BCUT2D eigenvalue weighted by Gasteiger charge is -2.32. The van der Waals surface area contributed by atoms with Crippen LogP contribution in [0.4, 0.5) is 0 Å². The van der Waals surface area contributed by atoms with Crippen molar-refractivity contribution in [2.75, 3.05) is 0 Å². The lowest BCUT2D eigenvalue weighted by molar-refractivity contribution is 0.0697. The van der Waals surface area contributed by atoms with Gasteiger partial charge in [-0.3, -0.25) is 4.79 Å². The summed E-state index contributed by atoms with van der Waals surface area (Å²) < 4.78 is 2.28. The van der Waals surface area contributed by atoms with Crippen molar-refractivity contribution in [3.05, 3.63) is 130 Å². The first kappa shape index (κ1) is 30.8. The molecular formula is C39H42N2O3. The van der Waals surface area contributed by atoms with E-state index in [0.717, 1.165) is 38.9 Å². The fourth-order valence-corrected chi connectivity index (χ4v) is 6.00. The molecule has 2 N–H and O–H groups in total. The molecule has 4 aromatic carbocycles. The van der Waals surface area contributed by atoms with Crippen molar-refractivity contribution in [3.8, 4) is 11.1 Å². The van der Waals surface area contributed by atoms with E-state index in [1.165, 1.54) is 5.56 Å². The molecule has 0 bridgehead atoms. The molecule has 0 saturated carbocycles. The maximum absolute atomic E-state index is 13.7. The number of benzene rings is 4. The average Bonchev–Trinajstić information content (AvgIpc) is 3.23. The molecule has 0 aliphatic carbocycles. The van der Waals surface area contributed by atoms with Gasteiger partial charge in [-0.1, -0.05) is 101 Å². The van der Waals surface area contributed by atoms with Crippen molar-refractivity contribution in [2.24, 2.45) is 5.41 Å². The van der Waals surface area contributed by atoms with Gasteiger partial charge in [0.05, 0.1) is 11.6 Å². The van der Waals surface area contributed by atoms with E-state index in [1.54, 1.807) is 12.1 Å². The van der Waals surface area contributed by atoms with Gasteiger partial charge >= 0.3 is 5.97 Å². The van der Waals surface area contributed by atoms with Crippen LogP contribution >= 0.6 is 0 Å². The molecule has 44 heavy (non-hydrogen) atoms. The van der Waals surface area contributed by atoms with Crippen molar-refractivity contribution in [2.45, 2.75) is 67.0 Å². The lowest BCUT2D eigenvalue weighted by Crippen LogP contribution is -2.36. The molecule has 0 aliphatic heterocycles. The van der Waals surface area contributed by atoms with Crippen LogP contribution in [0.5, 0.6) is 0 Å². The standard InChI is InChI=1S/C39H42N2O3/c1-24(2)29-11-10-12-30(21-29)36(39(5,6)7)40-37(42)31-19-20-35-34(22-31)25(3)26(4)41(35)23-27-15-17-28(18-16-27)32-13-8-9-14-33(32)38(43)44/h8-22,24,36H,23H2,1-7H3,(H,40,42)(H,43,44). The highest BCUT2D eigenvalue weighted by Gasteiger charge is 2.29. The summed E-state index contributed by atoms with van der Waals surface area (Å²) in [6, 6.07) is 29.5. The number of fused-ring (bicyclic) bond motifs is 1. The first-order valence-corrected chi connectivity index (χ1v) is 15.3. The van der Waals surface area contributed by atoms with Gasteiger partial charge in [0.1, 0.15) is 0 Å². The number of carboxylic acid groups (broad SMARTS) is 1. The van der Waals surface area contributed by atoms with Crippen LogP contribution in [0.3, 0.4) is 0 Å². The van der Waals surface area contributed by atoms with Crippen LogP contribution < -0.4 is 5.32 Å². The third-order valence-corrected chi connectivity index (χ3v) is 8.72. The van der Waals surface area contributed by atoms with Crippen molar-refractivity contribution < 1.29 is 14.7 Å². The van der Waals surface area contributed by atoms with E-state index in [4.69, 9.17) is 0 Å². The highest BCUT2D eigenvalue weighted by molar-refractivity contribution is 5.99. The quantitative estimate of drug-likeness (QED) is 0.190. The van der Waals surface area contributed by atoms with Gasteiger partial charge < -0.3 is 15.0 Å². The summed E-state index contributed by atoms with van der Waals surface area (Å²) in [6.07, 6.45) is 0. The number of aryl methyl sites for hydroxylation is 1. The number of aromatic nitrogens is 1. The second-order valence-electron chi connectivity index (χ2n) is 13.2. The van der Waals surface area contributed by atoms with Gasteiger partial charge in [-0.05, 0) is 82.8 Å². The number of nitrogens with zero attached hydrogens (tertiary/aromatic N) is 1. The maximum atomic E-state index is 13.7. The third kappa shape index (κ3) is 6.19. The van der Waals surface area contributed by atoms with Crippen LogP contribution in [0.1, 0.15) is 95.2 Å². The highest BCUT2D eigenvalue weighted by atomic mass is 16.4. The van der Waals surface area contributed by atoms with Crippen LogP contribution in [0.2, 0.25) is 0 Å². The molecule has 5 nitrogen and oxygen atoms in total. The molecule has 0 saturated heterocycles. The molecule has 1 atom stereocenters. The van der Waals surface area contributed by atoms with E-state index in [1.807, 2.05) is 42.5 Å². The summed E-state index contributed by atoms with van der Waals surface area (Å²) in [5.74, 6) is -0.601. The number of carbonyl (C=O) groups is 2. The Balaban J connectivity index is 1.41. The van der Waals surface area contributed by atoms with Gasteiger partial charge in [-0.2, -0.15) is 0 Å². The van der Waals surface area contributed by atoms with Crippen molar-refractivity contribution in [1.82, 2.24) is 9.88 Å². The Morgan fingerprint density at radius 3 is 2.18 bits per heavy atom. The topological polar surface area (TPSA) is 71.3 Å². The summed E-state index contributed by atoms with van der Waals surface area (Å²) in [5, 5.41) is 14.0. The fraction of sp³-hybridized carbons (Fsp3) is 0.282. The van der Waals surface area contributed by atoms with Crippen molar-refractivity contribution in [3.63, 3.8) is 0 Å². The third-order valence-electron chi connectivity index (χ3n) is 8.72. The molecular weight excluding hydrogens is 544 g/mol. The molecule has 1 unspecified atom stereocenters. The molecule has 0 spiro atoms. The Morgan fingerprint density at radius 2 is 1.52 bits per heavy atom. The van der Waals surface area contributed by atoms with E-state index >= 15 is 0 Å². The number of carbonyl (C=O) groups excluding carboxylic acids is 1. The molecule has 1 heterocycles. The Labute approximate surface area is 260 Å². The van der Waals surface area contributed by atoms with E-state index in [0.29, 0.717) is 29.2 Å². The Hall–Kier alpha value is -4.64. The van der Waals surface area contributed by atoms with E-state index in [9.17, 15) is 14.7 Å². The predicted molar refractivity (Wildman–Crippen MR) is 180 cm³/mol. The van der Waals surface area contributed by atoms with Gasteiger partial charge in [0, 0.05) is 28.7 Å². The summed E-state index contributed by atoms with van der Waals surface area (Å²) in [7, 11) is 0. The zero-order valence-corrected chi connectivity index (χ0v) is 26.7. The number of nitrogens with one attached hydrogen (secondary N) is 1. The second-order valence-corrected chi connectivity index (χ2v) is 13.2. The average molecular weight is 587 g/mol. The van der Waals surface area contributed by atoms with E-state index < -0.39 is 5.97 Å². The Morgan fingerprint density at radius 1 is 0.841 bits per heavy atom. The zero-order valence-electron chi connectivity index (χ0n) is 26.7. The second kappa shape index (κ2) is 12.2. The molecule has 5 heteroatoms. The van der Waals surface area contributed by atoms with Gasteiger partial charge in [0.15, 0.2) is 0 Å². The molecule has 0 radical (unpaired) electrons. The summed E-state index contributed by atoms with van der Waals surface area (Å²) in [5.41, 5.74) is 9.22. The number of hydrogen-bond acceptors (Lipinski definition) is 2.